The number of halogens is 3. The number of rotatable bonds is 4. The number of hydrogen-bond acceptors (Lipinski definition) is 4. The number of nitrogens with zero attached hydrogens (tertiary/aromatic N) is 2. The quantitative estimate of drug-likeness (QED) is 0.851. The molecule has 0 aromatic heterocycles. The molecule has 0 bridgehead atoms. The Bertz CT molecular complexity index is 582. The third kappa shape index (κ3) is 4.77. The Labute approximate surface area is 139 Å². The molecular weight excluding hydrogens is 323 g/mol. The molecular formula is C16H22F3N3O2. The Morgan fingerprint density at radius 2 is 1.88 bits per heavy atom. The Balaban J connectivity index is 1.99. The van der Waals surface area contributed by atoms with E-state index < -0.39 is 12.8 Å². The fourth-order valence-electron chi connectivity index (χ4n) is 2.60. The van der Waals surface area contributed by atoms with Gasteiger partial charge in [0.15, 0.2) is 6.61 Å². The Kier molecular flexibility index (Phi) is 5.58. The molecule has 1 saturated heterocycles. The first-order chi connectivity index (χ1) is 11.2. The fourth-order valence-corrected chi connectivity index (χ4v) is 2.60. The van der Waals surface area contributed by atoms with Crippen molar-refractivity contribution in [2.45, 2.75) is 26.1 Å². The highest BCUT2D eigenvalue weighted by Crippen LogP contribution is 2.26. The summed E-state index contributed by atoms with van der Waals surface area (Å²) in [7, 11) is 0. The molecule has 1 aliphatic heterocycles. The summed E-state index contributed by atoms with van der Waals surface area (Å²) in [6.45, 7) is 5.63. The molecule has 1 aromatic rings. The molecule has 2 rings (SSSR count). The van der Waals surface area contributed by atoms with E-state index in [4.69, 9.17) is 5.73 Å². The van der Waals surface area contributed by atoms with E-state index in [2.05, 4.69) is 23.5 Å². The lowest BCUT2D eigenvalue weighted by Gasteiger charge is -2.37. The van der Waals surface area contributed by atoms with Crippen molar-refractivity contribution in [3.63, 3.8) is 0 Å². The summed E-state index contributed by atoms with van der Waals surface area (Å²) in [5.41, 5.74) is 6.08. The number of alkyl halides is 3. The van der Waals surface area contributed by atoms with E-state index in [1.54, 1.807) is 4.90 Å². The van der Waals surface area contributed by atoms with E-state index >= 15 is 0 Å². The molecule has 8 heteroatoms. The van der Waals surface area contributed by atoms with Gasteiger partial charge in [0.25, 0.3) is 5.91 Å². The topological polar surface area (TPSA) is 58.8 Å². The molecule has 1 aromatic carbocycles. The van der Waals surface area contributed by atoms with Crippen molar-refractivity contribution in [1.29, 1.82) is 0 Å². The van der Waals surface area contributed by atoms with Crippen LogP contribution >= 0.6 is 0 Å². The average molecular weight is 345 g/mol. The number of anilines is 1. The second-order valence-electron chi connectivity index (χ2n) is 6.08. The number of piperazine rings is 1. The van der Waals surface area contributed by atoms with Gasteiger partial charge in [0.2, 0.25) is 0 Å². The minimum Gasteiger partial charge on any atom is -0.482 e. The summed E-state index contributed by atoms with van der Waals surface area (Å²) in [6.07, 6.45) is -4.43. The summed E-state index contributed by atoms with van der Waals surface area (Å²) >= 11 is 0. The summed E-state index contributed by atoms with van der Waals surface area (Å²) in [6, 6.07) is 4.55. The smallest absolute Gasteiger partial charge is 0.422 e. The van der Waals surface area contributed by atoms with Gasteiger partial charge in [-0.05, 0) is 32.0 Å². The maximum absolute atomic E-state index is 12.5. The van der Waals surface area contributed by atoms with Crippen molar-refractivity contribution in [2.24, 2.45) is 0 Å². The van der Waals surface area contributed by atoms with Crippen molar-refractivity contribution >= 4 is 11.6 Å². The first-order valence-corrected chi connectivity index (χ1v) is 7.80. The van der Waals surface area contributed by atoms with Crippen LogP contribution in [0.25, 0.3) is 0 Å². The second kappa shape index (κ2) is 7.29. The molecule has 1 fully saturated rings. The van der Waals surface area contributed by atoms with Gasteiger partial charge in [-0.2, -0.15) is 13.2 Å². The highest BCUT2D eigenvalue weighted by molar-refractivity contribution is 5.95. The largest absolute Gasteiger partial charge is 0.482 e. The number of nitrogen functional groups attached to an aromatic ring is 1. The molecule has 134 valence electrons. The van der Waals surface area contributed by atoms with Gasteiger partial charge in [-0.3, -0.25) is 9.69 Å². The lowest BCUT2D eigenvalue weighted by molar-refractivity contribution is -0.153. The van der Waals surface area contributed by atoms with Crippen molar-refractivity contribution in [3.05, 3.63) is 23.8 Å². The number of nitrogens with two attached hydrogens (primary N) is 1. The van der Waals surface area contributed by atoms with Crippen LogP contribution in [0.2, 0.25) is 0 Å². The van der Waals surface area contributed by atoms with Gasteiger partial charge in [-0.15, -0.1) is 0 Å². The van der Waals surface area contributed by atoms with E-state index in [0.29, 0.717) is 24.7 Å². The molecule has 0 unspecified atom stereocenters. The van der Waals surface area contributed by atoms with E-state index in [1.807, 2.05) is 0 Å². The monoisotopic (exact) mass is 345 g/mol. The van der Waals surface area contributed by atoms with Crippen LogP contribution in [0.4, 0.5) is 18.9 Å². The van der Waals surface area contributed by atoms with Crippen molar-refractivity contribution in [2.75, 3.05) is 38.5 Å². The highest BCUT2D eigenvalue weighted by atomic mass is 19.4. The van der Waals surface area contributed by atoms with Gasteiger partial charge in [0, 0.05) is 37.8 Å². The molecule has 0 radical (unpaired) electrons. The maximum atomic E-state index is 12.5. The summed E-state index contributed by atoms with van der Waals surface area (Å²) in [4.78, 5) is 16.5. The summed E-state index contributed by atoms with van der Waals surface area (Å²) in [5.74, 6) is -0.249. The molecule has 1 heterocycles. The second-order valence-corrected chi connectivity index (χ2v) is 6.08. The third-order valence-electron chi connectivity index (χ3n) is 3.98. The van der Waals surface area contributed by atoms with Crippen LogP contribution in [0.1, 0.15) is 24.2 Å². The minimum atomic E-state index is -4.43. The SMILES string of the molecule is CC(C)N1CCN(C(=O)c2ccc(OCC(F)(F)F)c(N)c2)CC1. The first-order valence-electron chi connectivity index (χ1n) is 7.80. The van der Waals surface area contributed by atoms with Crippen LogP contribution in [-0.2, 0) is 0 Å². The van der Waals surface area contributed by atoms with Gasteiger partial charge < -0.3 is 15.4 Å². The molecule has 2 N–H and O–H groups in total. The Hall–Kier alpha value is -1.96. The normalized spacial score (nSPS) is 16.5. The molecule has 0 saturated carbocycles. The van der Waals surface area contributed by atoms with Gasteiger partial charge in [-0.1, -0.05) is 0 Å². The molecule has 0 atom stereocenters. The fraction of sp³-hybridized carbons (Fsp3) is 0.562. The number of ether oxygens (including phenoxy) is 1. The van der Waals surface area contributed by atoms with Crippen LogP contribution in [-0.4, -0.2) is 60.7 Å². The maximum Gasteiger partial charge on any atom is 0.422 e. The molecule has 1 amide bonds. The van der Waals surface area contributed by atoms with Crippen LogP contribution in [0, 0.1) is 0 Å². The van der Waals surface area contributed by atoms with Gasteiger partial charge in [0.05, 0.1) is 5.69 Å². The predicted molar refractivity (Wildman–Crippen MR) is 85.0 cm³/mol. The number of benzene rings is 1. The lowest BCUT2D eigenvalue weighted by atomic mass is 10.1. The number of carbonyl (C=O) groups excluding carboxylic acids is 1. The third-order valence-corrected chi connectivity index (χ3v) is 3.98. The zero-order valence-corrected chi connectivity index (χ0v) is 13.8. The van der Waals surface area contributed by atoms with Crippen molar-refractivity contribution in [1.82, 2.24) is 9.80 Å². The van der Waals surface area contributed by atoms with E-state index in [-0.39, 0.29) is 17.3 Å². The van der Waals surface area contributed by atoms with Crippen LogP contribution in [0.3, 0.4) is 0 Å². The Morgan fingerprint density at radius 3 is 2.38 bits per heavy atom. The predicted octanol–water partition coefficient (Wildman–Crippen LogP) is 2.38. The molecule has 0 spiro atoms. The zero-order valence-electron chi connectivity index (χ0n) is 13.8. The molecule has 1 aliphatic rings. The van der Waals surface area contributed by atoms with Crippen LogP contribution in [0.15, 0.2) is 18.2 Å². The molecule has 24 heavy (non-hydrogen) atoms. The average Bonchev–Trinajstić information content (AvgIpc) is 2.52. The van der Waals surface area contributed by atoms with E-state index in [9.17, 15) is 18.0 Å². The summed E-state index contributed by atoms with van der Waals surface area (Å²) in [5, 5.41) is 0. The van der Waals surface area contributed by atoms with Crippen molar-refractivity contribution < 1.29 is 22.7 Å². The molecule has 0 aliphatic carbocycles. The van der Waals surface area contributed by atoms with E-state index in [1.165, 1.54) is 18.2 Å². The van der Waals surface area contributed by atoms with Gasteiger partial charge in [0.1, 0.15) is 5.75 Å². The van der Waals surface area contributed by atoms with E-state index in [0.717, 1.165) is 13.1 Å². The molecule has 5 nitrogen and oxygen atoms in total. The summed E-state index contributed by atoms with van der Waals surface area (Å²) < 4.78 is 41.2. The van der Waals surface area contributed by atoms with Crippen molar-refractivity contribution in [3.8, 4) is 5.75 Å². The van der Waals surface area contributed by atoms with Crippen LogP contribution in [0.5, 0.6) is 5.75 Å². The zero-order chi connectivity index (χ0) is 17.9. The standard InChI is InChI=1S/C16H22F3N3O2/c1-11(2)21-5-7-22(8-6-21)15(23)12-3-4-14(13(20)9-12)24-10-16(17,18)19/h3-4,9,11H,5-8,10,20H2,1-2H3. The lowest BCUT2D eigenvalue weighted by Crippen LogP contribution is -2.50. The van der Waals surface area contributed by atoms with Gasteiger partial charge >= 0.3 is 6.18 Å². The minimum absolute atomic E-state index is 0.0194. The number of hydrogen-bond donors (Lipinski definition) is 1. The number of amides is 1. The van der Waals surface area contributed by atoms with Gasteiger partial charge in [-0.25, -0.2) is 0 Å². The Morgan fingerprint density at radius 1 is 1.25 bits per heavy atom. The number of carbonyl (C=O) groups is 1. The van der Waals surface area contributed by atoms with Crippen LogP contribution < -0.4 is 10.5 Å². The highest BCUT2D eigenvalue weighted by Gasteiger charge is 2.29. The first kappa shape index (κ1) is 18.4.